The van der Waals surface area contributed by atoms with Crippen molar-refractivity contribution in [1.29, 1.82) is 0 Å². The molecular weight excluding hydrogens is 449 g/mol. The highest BCUT2D eigenvalue weighted by Crippen LogP contribution is 2.45. The van der Waals surface area contributed by atoms with Gasteiger partial charge in [-0.1, -0.05) is 38.2 Å². The molecule has 3 aromatic rings. The fraction of sp³-hybridized carbons (Fsp3) is 0.333. The molecule has 0 saturated heterocycles. The summed E-state index contributed by atoms with van der Waals surface area (Å²) in [6, 6.07) is 9.15. The standard InChI is InChI=1S/C24H27ClFNO4Si/c1-7-24(23(29)30,32(4,5)6)21-14(2)27(22(28)15-8-10-16(25)11-9-15)19-13-18(26)20(31-3)12-17(19)21/h8-13H,7H2,1-6H3,(H,29,30). The maximum Gasteiger partial charge on any atom is 0.311 e. The number of carboxylic acids is 1. The smallest absolute Gasteiger partial charge is 0.311 e. The van der Waals surface area contributed by atoms with Gasteiger partial charge in [0.25, 0.3) is 5.91 Å². The average Bonchev–Trinajstić information content (AvgIpc) is 2.98. The van der Waals surface area contributed by atoms with E-state index < -0.39 is 24.9 Å². The summed E-state index contributed by atoms with van der Waals surface area (Å²) in [6.07, 6.45) is 0.340. The van der Waals surface area contributed by atoms with Gasteiger partial charge in [-0.2, -0.15) is 0 Å². The maximum atomic E-state index is 14.8. The third-order valence-corrected chi connectivity index (χ3v) is 10.0. The first kappa shape index (κ1) is 24.0. The molecule has 8 heteroatoms. The van der Waals surface area contributed by atoms with Gasteiger partial charge in [0.1, 0.15) is 0 Å². The fourth-order valence-electron chi connectivity index (χ4n) is 4.75. The van der Waals surface area contributed by atoms with E-state index in [1.54, 1.807) is 31.2 Å². The minimum atomic E-state index is -2.41. The van der Waals surface area contributed by atoms with E-state index in [0.29, 0.717) is 39.2 Å². The first-order chi connectivity index (χ1) is 14.9. The number of ether oxygens (including phenoxy) is 1. The van der Waals surface area contributed by atoms with Gasteiger partial charge in [-0.3, -0.25) is 14.2 Å². The summed E-state index contributed by atoms with van der Waals surface area (Å²) in [7, 11) is -1.06. The van der Waals surface area contributed by atoms with Crippen molar-refractivity contribution in [3.8, 4) is 5.75 Å². The second-order valence-electron chi connectivity index (χ2n) is 8.93. The van der Waals surface area contributed by atoms with Crippen molar-refractivity contribution in [3.05, 3.63) is 64.1 Å². The molecule has 0 bridgehead atoms. The molecule has 0 spiro atoms. The van der Waals surface area contributed by atoms with Gasteiger partial charge in [0.15, 0.2) is 11.6 Å². The third-order valence-electron chi connectivity index (χ3n) is 6.37. The van der Waals surface area contributed by atoms with Crippen LogP contribution in [0.25, 0.3) is 10.9 Å². The summed E-state index contributed by atoms with van der Waals surface area (Å²) in [5.41, 5.74) is 1.71. The Morgan fingerprint density at radius 2 is 1.78 bits per heavy atom. The zero-order chi connectivity index (χ0) is 24.0. The molecule has 0 aliphatic carbocycles. The van der Waals surface area contributed by atoms with E-state index in [0.717, 1.165) is 0 Å². The highest BCUT2D eigenvalue weighted by molar-refractivity contribution is 6.82. The predicted molar refractivity (Wildman–Crippen MR) is 127 cm³/mol. The Labute approximate surface area is 192 Å². The number of carbonyl (C=O) groups excluding carboxylic acids is 1. The van der Waals surface area contributed by atoms with Gasteiger partial charge < -0.3 is 9.84 Å². The van der Waals surface area contributed by atoms with Gasteiger partial charge in [0, 0.05) is 27.7 Å². The number of hydrogen-bond donors (Lipinski definition) is 1. The van der Waals surface area contributed by atoms with Gasteiger partial charge in [-0.15, -0.1) is 0 Å². The number of nitrogens with zero attached hydrogens (tertiary/aromatic N) is 1. The number of aliphatic carboxylic acids is 1. The molecule has 2 aromatic carbocycles. The van der Waals surface area contributed by atoms with Crippen molar-refractivity contribution in [2.75, 3.05) is 7.11 Å². The average molecular weight is 476 g/mol. The Hall–Kier alpha value is -2.64. The highest BCUT2D eigenvalue weighted by Gasteiger charge is 2.52. The van der Waals surface area contributed by atoms with Crippen LogP contribution in [0, 0.1) is 12.7 Å². The topological polar surface area (TPSA) is 68.5 Å². The lowest BCUT2D eigenvalue weighted by Crippen LogP contribution is -2.55. The number of aromatic nitrogens is 1. The largest absolute Gasteiger partial charge is 0.494 e. The molecule has 32 heavy (non-hydrogen) atoms. The highest BCUT2D eigenvalue weighted by atomic mass is 35.5. The Bertz CT molecular complexity index is 1210. The molecule has 1 atom stereocenters. The van der Waals surface area contributed by atoms with Gasteiger partial charge in [-0.05, 0) is 49.2 Å². The van der Waals surface area contributed by atoms with Gasteiger partial charge in [0.2, 0.25) is 0 Å². The first-order valence-electron chi connectivity index (χ1n) is 10.3. The summed E-state index contributed by atoms with van der Waals surface area (Å²) in [5.74, 6) is -1.95. The Morgan fingerprint density at radius 1 is 1.19 bits per heavy atom. The zero-order valence-corrected chi connectivity index (χ0v) is 20.8. The summed E-state index contributed by atoms with van der Waals surface area (Å²) >= 11 is 5.97. The zero-order valence-electron chi connectivity index (χ0n) is 19.0. The van der Waals surface area contributed by atoms with E-state index in [-0.39, 0.29) is 11.7 Å². The van der Waals surface area contributed by atoms with Crippen LogP contribution < -0.4 is 4.74 Å². The van der Waals surface area contributed by atoms with Crippen LogP contribution in [-0.2, 0) is 9.83 Å². The van der Waals surface area contributed by atoms with E-state index >= 15 is 0 Å². The number of fused-ring (bicyclic) bond motifs is 1. The molecule has 1 heterocycles. The molecule has 0 saturated carbocycles. The van der Waals surface area contributed by atoms with Crippen molar-refractivity contribution < 1.29 is 23.8 Å². The normalized spacial score (nSPS) is 13.8. The molecular formula is C24H27ClFNO4Si. The second-order valence-corrected chi connectivity index (χ2v) is 14.7. The van der Waals surface area contributed by atoms with Crippen LogP contribution in [0.5, 0.6) is 5.75 Å². The van der Waals surface area contributed by atoms with Crippen molar-refractivity contribution in [2.45, 2.75) is 44.9 Å². The quantitative estimate of drug-likeness (QED) is 0.440. The number of benzene rings is 2. The molecule has 1 aromatic heterocycles. The van der Waals surface area contributed by atoms with Crippen LogP contribution in [0.15, 0.2) is 36.4 Å². The summed E-state index contributed by atoms with van der Waals surface area (Å²) in [4.78, 5) is 26.4. The first-order valence-corrected chi connectivity index (χ1v) is 14.2. The molecule has 5 nitrogen and oxygen atoms in total. The number of carboxylic acid groups (broad SMARTS) is 1. The molecule has 0 aliphatic rings. The number of halogens is 2. The molecule has 0 radical (unpaired) electrons. The van der Waals surface area contributed by atoms with Crippen LogP contribution in [0.2, 0.25) is 24.7 Å². The molecule has 0 amide bonds. The van der Waals surface area contributed by atoms with Gasteiger partial charge in [-0.25, -0.2) is 4.39 Å². The third kappa shape index (κ3) is 3.53. The summed E-state index contributed by atoms with van der Waals surface area (Å²) < 4.78 is 21.4. The SMILES string of the molecule is CCC(C(=O)O)(c1c(C)n(C(=O)c2ccc(Cl)cc2)c2cc(F)c(OC)cc12)[Si](C)(C)C. The number of rotatable bonds is 6. The Balaban J connectivity index is 2.50. The van der Waals surface area contributed by atoms with E-state index in [1.165, 1.54) is 23.8 Å². The lowest BCUT2D eigenvalue weighted by molar-refractivity contribution is -0.141. The minimum Gasteiger partial charge on any atom is -0.494 e. The maximum absolute atomic E-state index is 14.8. The molecule has 0 fully saturated rings. The van der Waals surface area contributed by atoms with Crippen LogP contribution in [-0.4, -0.2) is 36.7 Å². The van der Waals surface area contributed by atoms with Gasteiger partial charge in [0.05, 0.1) is 25.7 Å². The van der Waals surface area contributed by atoms with Crippen LogP contribution in [0.3, 0.4) is 0 Å². The summed E-state index contributed by atoms with van der Waals surface area (Å²) in [6.45, 7) is 9.55. The Kier molecular flexibility index (Phi) is 6.28. The van der Waals surface area contributed by atoms with Crippen LogP contribution in [0.4, 0.5) is 4.39 Å². The van der Waals surface area contributed by atoms with Gasteiger partial charge >= 0.3 is 5.97 Å². The van der Waals surface area contributed by atoms with E-state index in [9.17, 15) is 19.1 Å². The monoisotopic (exact) mass is 475 g/mol. The number of methoxy groups -OCH3 is 1. The molecule has 0 aliphatic heterocycles. The fourth-order valence-corrected chi connectivity index (χ4v) is 7.65. The van der Waals surface area contributed by atoms with Crippen molar-refractivity contribution in [1.82, 2.24) is 4.57 Å². The molecule has 1 N–H and O–H groups in total. The van der Waals surface area contributed by atoms with E-state index in [4.69, 9.17) is 16.3 Å². The lowest BCUT2D eigenvalue weighted by atomic mass is 9.92. The van der Waals surface area contributed by atoms with Crippen LogP contribution >= 0.6 is 11.6 Å². The van der Waals surface area contributed by atoms with Crippen molar-refractivity contribution in [2.24, 2.45) is 0 Å². The summed E-state index contributed by atoms with van der Waals surface area (Å²) in [5, 5.41) is 10.3. The van der Waals surface area contributed by atoms with Crippen molar-refractivity contribution >= 4 is 42.5 Å². The van der Waals surface area contributed by atoms with Crippen LogP contribution in [0.1, 0.15) is 35.0 Å². The van der Waals surface area contributed by atoms with E-state index in [1.807, 2.05) is 26.6 Å². The second kappa shape index (κ2) is 8.37. The molecule has 170 valence electrons. The lowest BCUT2D eigenvalue weighted by Gasteiger charge is -2.40. The van der Waals surface area contributed by atoms with Crippen molar-refractivity contribution in [3.63, 3.8) is 0 Å². The number of carbonyl (C=O) groups is 2. The Morgan fingerprint density at radius 3 is 2.25 bits per heavy atom. The predicted octanol–water partition coefficient (Wildman–Crippen LogP) is 6.05. The molecule has 1 unspecified atom stereocenters. The number of hydrogen-bond acceptors (Lipinski definition) is 3. The molecule has 3 rings (SSSR count). The minimum absolute atomic E-state index is 0.000750. The van der Waals surface area contributed by atoms with E-state index in [2.05, 4.69) is 0 Å².